The Labute approximate surface area is 117 Å². The molecule has 0 N–H and O–H groups in total. The van der Waals surface area contributed by atoms with E-state index in [2.05, 4.69) is 9.97 Å². The first-order valence-corrected chi connectivity index (χ1v) is 6.20. The van der Waals surface area contributed by atoms with Gasteiger partial charge in [-0.3, -0.25) is 0 Å². The van der Waals surface area contributed by atoms with Gasteiger partial charge in [-0.15, -0.1) is 0 Å². The molecule has 0 aliphatic carbocycles. The van der Waals surface area contributed by atoms with Gasteiger partial charge in [0.1, 0.15) is 11.4 Å². The molecule has 2 heterocycles. The normalized spacial score (nSPS) is 14.0. The summed E-state index contributed by atoms with van der Waals surface area (Å²) in [7, 11) is 0. The van der Waals surface area contributed by atoms with E-state index in [4.69, 9.17) is 16.3 Å². The lowest BCUT2D eigenvalue weighted by molar-refractivity contribution is -0.141. The van der Waals surface area contributed by atoms with Gasteiger partial charge in [-0.25, -0.2) is 9.97 Å². The summed E-state index contributed by atoms with van der Waals surface area (Å²) in [4.78, 5) is 7.08. The first-order chi connectivity index (χ1) is 9.45. The molecule has 0 amide bonds. The van der Waals surface area contributed by atoms with Crippen LogP contribution in [0, 0.1) is 0 Å². The molecule has 0 spiro atoms. The lowest BCUT2D eigenvalue weighted by atomic mass is 10.0. The molecule has 0 radical (unpaired) electrons. The van der Waals surface area contributed by atoms with Gasteiger partial charge in [0, 0.05) is 12.0 Å². The van der Waals surface area contributed by atoms with Crippen LogP contribution >= 0.6 is 11.6 Å². The Hall–Kier alpha value is -1.82. The van der Waals surface area contributed by atoms with Crippen molar-refractivity contribution < 1.29 is 17.9 Å². The number of fused-ring (bicyclic) bond motifs is 1. The highest BCUT2D eigenvalue weighted by atomic mass is 35.5. The van der Waals surface area contributed by atoms with Crippen molar-refractivity contribution in [2.45, 2.75) is 12.6 Å². The van der Waals surface area contributed by atoms with Crippen molar-refractivity contribution in [2.75, 3.05) is 6.61 Å². The summed E-state index contributed by atoms with van der Waals surface area (Å²) in [5.74, 6) is 0.565. The van der Waals surface area contributed by atoms with Crippen LogP contribution in [0.1, 0.15) is 11.3 Å². The van der Waals surface area contributed by atoms with E-state index < -0.39 is 17.2 Å². The van der Waals surface area contributed by atoms with E-state index in [1.807, 2.05) is 6.07 Å². The SMILES string of the molecule is FC(F)(F)c1cc(-c2cccc3c2OCC3)nc(Cl)n1. The van der Waals surface area contributed by atoms with Crippen LogP contribution in [-0.2, 0) is 12.6 Å². The Morgan fingerprint density at radius 3 is 2.75 bits per heavy atom. The predicted octanol–water partition coefficient (Wildman–Crippen LogP) is 3.75. The fourth-order valence-electron chi connectivity index (χ4n) is 2.12. The zero-order valence-corrected chi connectivity index (χ0v) is 10.8. The molecule has 1 aliphatic heterocycles. The summed E-state index contributed by atoms with van der Waals surface area (Å²) in [6.07, 6.45) is -3.84. The van der Waals surface area contributed by atoms with Crippen LogP contribution in [0.4, 0.5) is 13.2 Å². The third-order valence-corrected chi connectivity index (χ3v) is 3.15. The van der Waals surface area contributed by atoms with Gasteiger partial charge in [0.25, 0.3) is 0 Å². The van der Waals surface area contributed by atoms with Gasteiger partial charge in [0.2, 0.25) is 5.28 Å². The molecule has 0 saturated carbocycles. The lowest BCUT2D eigenvalue weighted by Crippen LogP contribution is -2.09. The standard InChI is InChI=1S/C13H8ClF3N2O/c14-12-18-9(6-10(19-12)13(15,16)17)8-3-1-2-7-4-5-20-11(7)8/h1-3,6H,4-5H2. The van der Waals surface area contributed by atoms with E-state index in [1.54, 1.807) is 12.1 Å². The number of para-hydroxylation sites is 1. The largest absolute Gasteiger partial charge is 0.492 e. The maximum absolute atomic E-state index is 12.8. The highest BCUT2D eigenvalue weighted by Crippen LogP contribution is 2.38. The summed E-state index contributed by atoms with van der Waals surface area (Å²) in [5.41, 5.74) is 0.486. The monoisotopic (exact) mass is 300 g/mol. The lowest BCUT2D eigenvalue weighted by Gasteiger charge is -2.10. The minimum atomic E-state index is -4.57. The fourth-order valence-corrected chi connectivity index (χ4v) is 2.30. The van der Waals surface area contributed by atoms with Gasteiger partial charge in [-0.05, 0) is 29.3 Å². The van der Waals surface area contributed by atoms with Crippen molar-refractivity contribution in [2.24, 2.45) is 0 Å². The second kappa shape index (κ2) is 4.63. The van der Waals surface area contributed by atoms with Crippen LogP contribution in [0.2, 0.25) is 5.28 Å². The van der Waals surface area contributed by atoms with Crippen molar-refractivity contribution in [3.63, 3.8) is 0 Å². The number of halogens is 4. The van der Waals surface area contributed by atoms with Crippen molar-refractivity contribution in [3.05, 3.63) is 40.8 Å². The number of rotatable bonds is 1. The van der Waals surface area contributed by atoms with Crippen LogP contribution in [-0.4, -0.2) is 16.6 Å². The maximum Gasteiger partial charge on any atom is 0.433 e. The van der Waals surface area contributed by atoms with Gasteiger partial charge in [-0.2, -0.15) is 13.2 Å². The van der Waals surface area contributed by atoms with Crippen LogP contribution in [0.25, 0.3) is 11.3 Å². The Morgan fingerprint density at radius 1 is 1.20 bits per heavy atom. The molecule has 0 atom stereocenters. The molecular formula is C13H8ClF3N2O. The smallest absolute Gasteiger partial charge is 0.433 e. The fraction of sp³-hybridized carbons (Fsp3) is 0.231. The van der Waals surface area contributed by atoms with Gasteiger partial charge in [-0.1, -0.05) is 12.1 Å². The molecule has 0 unspecified atom stereocenters. The number of aromatic nitrogens is 2. The van der Waals surface area contributed by atoms with Crippen LogP contribution in [0.5, 0.6) is 5.75 Å². The Morgan fingerprint density at radius 2 is 2.00 bits per heavy atom. The molecule has 1 aliphatic rings. The third-order valence-electron chi connectivity index (χ3n) is 2.98. The number of hydrogen-bond acceptors (Lipinski definition) is 3. The zero-order valence-electron chi connectivity index (χ0n) is 10.0. The van der Waals surface area contributed by atoms with E-state index in [0.717, 1.165) is 18.1 Å². The predicted molar refractivity (Wildman–Crippen MR) is 66.7 cm³/mol. The van der Waals surface area contributed by atoms with E-state index in [9.17, 15) is 13.2 Å². The zero-order chi connectivity index (χ0) is 14.3. The average molecular weight is 301 g/mol. The van der Waals surface area contributed by atoms with Gasteiger partial charge in [0.15, 0.2) is 0 Å². The van der Waals surface area contributed by atoms with Crippen LogP contribution in [0.15, 0.2) is 24.3 Å². The van der Waals surface area contributed by atoms with Crippen LogP contribution in [0.3, 0.4) is 0 Å². The van der Waals surface area contributed by atoms with E-state index in [-0.39, 0.29) is 5.69 Å². The molecule has 0 fully saturated rings. The van der Waals surface area contributed by atoms with Crippen LogP contribution < -0.4 is 4.74 Å². The van der Waals surface area contributed by atoms with Gasteiger partial charge >= 0.3 is 6.18 Å². The van der Waals surface area contributed by atoms with Crippen molar-refractivity contribution in [1.29, 1.82) is 0 Å². The van der Waals surface area contributed by atoms with Gasteiger partial charge in [0.05, 0.1) is 12.3 Å². The first kappa shape index (κ1) is 13.2. The summed E-state index contributed by atoms with van der Waals surface area (Å²) in [6, 6.07) is 6.16. The molecule has 104 valence electrons. The average Bonchev–Trinajstić information content (AvgIpc) is 2.84. The summed E-state index contributed by atoms with van der Waals surface area (Å²) in [5, 5.41) is -0.439. The molecule has 0 saturated heterocycles. The summed E-state index contributed by atoms with van der Waals surface area (Å²) >= 11 is 5.59. The Kier molecular flexibility index (Phi) is 3.05. The van der Waals surface area contributed by atoms with Crippen molar-refractivity contribution in [3.8, 4) is 17.0 Å². The number of benzene rings is 1. The van der Waals surface area contributed by atoms with Crippen molar-refractivity contribution in [1.82, 2.24) is 9.97 Å². The summed E-state index contributed by atoms with van der Waals surface area (Å²) in [6.45, 7) is 0.511. The molecule has 3 nitrogen and oxygen atoms in total. The summed E-state index contributed by atoms with van der Waals surface area (Å²) < 4.78 is 43.7. The van der Waals surface area contributed by atoms with E-state index in [0.29, 0.717) is 17.9 Å². The number of alkyl halides is 3. The minimum absolute atomic E-state index is 0.107. The topological polar surface area (TPSA) is 35.0 Å². The van der Waals surface area contributed by atoms with Gasteiger partial charge < -0.3 is 4.74 Å². The third kappa shape index (κ3) is 2.31. The molecule has 1 aromatic heterocycles. The maximum atomic E-state index is 12.8. The van der Waals surface area contributed by atoms with E-state index in [1.165, 1.54) is 0 Å². The molecule has 7 heteroatoms. The number of nitrogens with zero attached hydrogens (tertiary/aromatic N) is 2. The minimum Gasteiger partial charge on any atom is -0.492 e. The first-order valence-electron chi connectivity index (χ1n) is 5.82. The van der Waals surface area contributed by atoms with Crippen molar-refractivity contribution >= 4 is 11.6 Å². The molecule has 1 aromatic carbocycles. The molecular weight excluding hydrogens is 293 g/mol. The highest BCUT2D eigenvalue weighted by molar-refractivity contribution is 6.28. The molecule has 3 rings (SSSR count). The molecule has 2 aromatic rings. The Bertz CT molecular complexity index is 673. The quantitative estimate of drug-likeness (QED) is 0.752. The number of ether oxygens (including phenoxy) is 1. The van der Waals surface area contributed by atoms with E-state index >= 15 is 0 Å². The highest BCUT2D eigenvalue weighted by Gasteiger charge is 2.34. The second-order valence-electron chi connectivity index (χ2n) is 4.30. The Balaban J connectivity index is 2.16. The number of hydrogen-bond donors (Lipinski definition) is 0. The molecule has 20 heavy (non-hydrogen) atoms. The molecule has 0 bridgehead atoms. The second-order valence-corrected chi connectivity index (χ2v) is 4.64.